The third-order valence-electron chi connectivity index (χ3n) is 6.13. The van der Waals surface area contributed by atoms with Gasteiger partial charge in [-0.2, -0.15) is 0 Å². The Morgan fingerprint density at radius 2 is 1.62 bits per heavy atom. The average molecular weight is 450 g/mol. The van der Waals surface area contributed by atoms with E-state index in [2.05, 4.69) is 98.9 Å². The molecule has 1 nitrogen and oxygen atoms in total. The van der Waals surface area contributed by atoms with Gasteiger partial charge in [-0.15, -0.1) is 22.7 Å². The highest BCUT2D eigenvalue weighted by molar-refractivity contribution is 7.23. The monoisotopic (exact) mass is 449 g/mol. The highest BCUT2D eigenvalue weighted by atomic mass is 32.1. The van der Waals surface area contributed by atoms with Crippen LogP contribution >= 0.6 is 22.7 Å². The fourth-order valence-corrected chi connectivity index (χ4v) is 6.66. The van der Waals surface area contributed by atoms with Crippen LogP contribution in [-0.4, -0.2) is 4.98 Å². The van der Waals surface area contributed by atoms with Crippen LogP contribution < -0.4 is 0 Å². The van der Waals surface area contributed by atoms with Crippen molar-refractivity contribution in [3.8, 4) is 21.7 Å². The molecule has 0 saturated carbocycles. The minimum absolute atomic E-state index is 0.0537. The van der Waals surface area contributed by atoms with Crippen LogP contribution in [0.1, 0.15) is 26.3 Å². The maximum Gasteiger partial charge on any atom is 0.0789 e. The van der Waals surface area contributed by atoms with Crippen LogP contribution in [0.2, 0.25) is 0 Å². The lowest BCUT2D eigenvalue weighted by Gasteiger charge is -2.22. The van der Waals surface area contributed by atoms with Crippen LogP contribution in [0.5, 0.6) is 0 Å². The van der Waals surface area contributed by atoms with Gasteiger partial charge in [-0.1, -0.05) is 63.2 Å². The predicted molar refractivity (Wildman–Crippen MR) is 142 cm³/mol. The first-order valence-corrected chi connectivity index (χ1v) is 12.6. The van der Waals surface area contributed by atoms with Gasteiger partial charge in [0.25, 0.3) is 0 Å². The maximum atomic E-state index is 4.88. The van der Waals surface area contributed by atoms with Crippen LogP contribution in [-0.2, 0) is 5.41 Å². The standard InChI is InChI=1S/C29H23NS2/c1-29(2,3)24-16-20(15-19-7-4-5-9-21(19)24)27-23-17-26(32-25(23)11-13-30-27)22-10-6-8-18-12-14-31-28(18)22/h4-17H,1-3H3. The van der Waals surface area contributed by atoms with Gasteiger partial charge in [0.05, 0.1) is 5.69 Å². The van der Waals surface area contributed by atoms with Crippen LogP contribution in [0, 0.1) is 0 Å². The number of pyridine rings is 1. The number of rotatable bonds is 2. The summed E-state index contributed by atoms with van der Waals surface area (Å²) in [6.45, 7) is 6.87. The van der Waals surface area contributed by atoms with E-state index in [-0.39, 0.29) is 5.41 Å². The number of nitrogens with zero attached hydrogens (tertiary/aromatic N) is 1. The van der Waals surface area contributed by atoms with E-state index < -0.39 is 0 Å². The van der Waals surface area contributed by atoms with Gasteiger partial charge in [-0.3, -0.25) is 4.98 Å². The summed E-state index contributed by atoms with van der Waals surface area (Å²) in [7, 11) is 0. The number of fused-ring (bicyclic) bond motifs is 3. The summed E-state index contributed by atoms with van der Waals surface area (Å²) in [5, 5.41) is 7.32. The number of thiophene rings is 2. The van der Waals surface area contributed by atoms with Gasteiger partial charge >= 0.3 is 0 Å². The molecule has 3 aromatic heterocycles. The molecular weight excluding hydrogens is 426 g/mol. The SMILES string of the molecule is CC(C)(C)c1cc(-c2nccc3sc(-c4cccc5ccsc45)cc23)cc2ccccc12. The summed E-state index contributed by atoms with van der Waals surface area (Å²) in [6, 6.07) is 26.6. The van der Waals surface area contributed by atoms with Crippen LogP contribution in [0.3, 0.4) is 0 Å². The van der Waals surface area contributed by atoms with E-state index in [1.54, 1.807) is 0 Å². The normalized spacial score (nSPS) is 12.2. The van der Waals surface area contributed by atoms with Crippen molar-refractivity contribution in [2.24, 2.45) is 0 Å². The molecule has 0 spiro atoms. The summed E-state index contributed by atoms with van der Waals surface area (Å²) in [4.78, 5) is 6.18. The second kappa shape index (κ2) is 7.26. The van der Waals surface area contributed by atoms with Gasteiger partial charge in [0.2, 0.25) is 0 Å². The van der Waals surface area contributed by atoms with Crippen LogP contribution in [0.15, 0.2) is 84.4 Å². The molecule has 0 saturated heterocycles. The first-order valence-electron chi connectivity index (χ1n) is 10.9. The molecule has 156 valence electrons. The van der Waals surface area contributed by atoms with E-state index >= 15 is 0 Å². The summed E-state index contributed by atoms with van der Waals surface area (Å²) in [6.07, 6.45) is 1.95. The third kappa shape index (κ3) is 3.16. The first kappa shape index (κ1) is 19.7. The lowest BCUT2D eigenvalue weighted by molar-refractivity contribution is 0.596. The Bertz CT molecular complexity index is 1610. The highest BCUT2D eigenvalue weighted by Crippen LogP contribution is 2.42. The second-order valence-corrected chi connectivity index (χ2v) is 11.3. The van der Waals surface area contributed by atoms with Gasteiger partial charge in [-0.05, 0) is 62.8 Å². The smallest absolute Gasteiger partial charge is 0.0789 e. The molecule has 0 aliphatic heterocycles. The minimum Gasteiger partial charge on any atom is -0.256 e. The Hall–Kier alpha value is -3.01. The number of hydrogen-bond donors (Lipinski definition) is 0. The quantitative estimate of drug-likeness (QED) is 0.257. The van der Waals surface area contributed by atoms with E-state index in [4.69, 9.17) is 4.98 Å². The minimum atomic E-state index is 0.0537. The zero-order valence-electron chi connectivity index (χ0n) is 18.3. The second-order valence-electron chi connectivity index (χ2n) is 9.32. The Labute approximate surface area is 196 Å². The fourth-order valence-electron chi connectivity index (χ4n) is 4.58. The molecule has 6 rings (SSSR count). The number of hydrogen-bond acceptors (Lipinski definition) is 3. The lowest BCUT2D eigenvalue weighted by Crippen LogP contribution is -2.12. The molecule has 0 aliphatic rings. The van der Waals surface area contributed by atoms with Crippen molar-refractivity contribution in [1.29, 1.82) is 0 Å². The lowest BCUT2D eigenvalue weighted by atomic mass is 9.82. The van der Waals surface area contributed by atoms with Crippen molar-refractivity contribution in [2.45, 2.75) is 26.2 Å². The first-order chi connectivity index (χ1) is 15.5. The van der Waals surface area contributed by atoms with Crippen molar-refractivity contribution in [3.05, 3.63) is 89.9 Å². The summed E-state index contributed by atoms with van der Waals surface area (Å²) in [5.41, 5.74) is 5.00. The van der Waals surface area contributed by atoms with Crippen molar-refractivity contribution < 1.29 is 0 Å². The summed E-state index contributed by atoms with van der Waals surface area (Å²) >= 11 is 3.67. The molecular formula is C29H23NS2. The highest BCUT2D eigenvalue weighted by Gasteiger charge is 2.20. The van der Waals surface area contributed by atoms with Gasteiger partial charge in [-0.25, -0.2) is 0 Å². The van der Waals surface area contributed by atoms with Crippen molar-refractivity contribution in [3.63, 3.8) is 0 Å². The van der Waals surface area contributed by atoms with E-state index in [9.17, 15) is 0 Å². The molecule has 0 amide bonds. The van der Waals surface area contributed by atoms with Gasteiger partial charge in [0.1, 0.15) is 0 Å². The Morgan fingerprint density at radius 1 is 0.781 bits per heavy atom. The molecule has 3 heterocycles. The molecule has 3 heteroatoms. The Kier molecular flexibility index (Phi) is 4.46. The zero-order chi connectivity index (χ0) is 21.9. The third-order valence-corrected chi connectivity index (χ3v) is 8.23. The predicted octanol–water partition coefficient (Wildman–Crippen LogP) is 9.30. The van der Waals surface area contributed by atoms with E-state index in [0.717, 1.165) is 5.69 Å². The molecule has 0 unspecified atom stereocenters. The Balaban J connectivity index is 1.60. The number of benzene rings is 3. The van der Waals surface area contributed by atoms with Gasteiger partial charge < -0.3 is 0 Å². The molecule has 3 aromatic carbocycles. The largest absolute Gasteiger partial charge is 0.256 e. The molecule has 0 bridgehead atoms. The van der Waals surface area contributed by atoms with Gasteiger partial charge in [0.15, 0.2) is 0 Å². The average Bonchev–Trinajstić information content (AvgIpc) is 3.44. The molecule has 6 aromatic rings. The molecule has 0 aliphatic carbocycles. The van der Waals surface area contributed by atoms with Gasteiger partial charge in [0, 0.05) is 37.0 Å². The molecule has 0 fully saturated rings. The van der Waals surface area contributed by atoms with E-state index in [1.807, 2.05) is 28.9 Å². The van der Waals surface area contributed by atoms with E-state index in [1.165, 1.54) is 52.5 Å². The summed E-state index contributed by atoms with van der Waals surface area (Å²) < 4.78 is 2.64. The number of aromatic nitrogens is 1. The topological polar surface area (TPSA) is 12.9 Å². The molecule has 32 heavy (non-hydrogen) atoms. The Morgan fingerprint density at radius 3 is 2.50 bits per heavy atom. The van der Waals surface area contributed by atoms with E-state index in [0.29, 0.717) is 0 Å². The molecule has 0 N–H and O–H groups in total. The van der Waals surface area contributed by atoms with Crippen molar-refractivity contribution >= 4 is 53.6 Å². The maximum absolute atomic E-state index is 4.88. The zero-order valence-corrected chi connectivity index (χ0v) is 20.0. The fraction of sp³-hybridized carbons (Fsp3) is 0.138. The van der Waals surface area contributed by atoms with Crippen LogP contribution in [0.4, 0.5) is 0 Å². The van der Waals surface area contributed by atoms with Crippen molar-refractivity contribution in [1.82, 2.24) is 4.98 Å². The summed E-state index contributed by atoms with van der Waals surface area (Å²) in [5.74, 6) is 0. The molecule has 0 radical (unpaired) electrons. The van der Waals surface area contributed by atoms with Crippen LogP contribution in [0.25, 0.3) is 52.6 Å². The molecule has 0 atom stereocenters. The van der Waals surface area contributed by atoms with Crippen molar-refractivity contribution in [2.75, 3.05) is 0 Å².